The maximum absolute atomic E-state index is 12.2. The van der Waals surface area contributed by atoms with E-state index in [2.05, 4.69) is 10.5 Å². The summed E-state index contributed by atoms with van der Waals surface area (Å²) in [6.45, 7) is 2.17. The molecule has 0 bridgehead atoms. The van der Waals surface area contributed by atoms with Gasteiger partial charge in [0, 0.05) is 26.7 Å². The molecule has 0 saturated carbocycles. The van der Waals surface area contributed by atoms with Crippen molar-refractivity contribution in [1.29, 1.82) is 0 Å². The lowest BCUT2D eigenvalue weighted by Crippen LogP contribution is -2.18. The molecule has 3 aromatic carbocycles. The van der Waals surface area contributed by atoms with Crippen molar-refractivity contribution in [2.24, 2.45) is 5.10 Å². The molecule has 0 fully saturated rings. The second-order valence-corrected chi connectivity index (χ2v) is 6.92. The maximum atomic E-state index is 12.2. The molecule has 1 N–H and O–H groups in total. The Morgan fingerprint density at radius 2 is 1.82 bits per heavy atom. The molecule has 1 amide bonds. The normalized spacial score (nSPS) is 10.8. The van der Waals surface area contributed by atoms with Crippen molar-refractivity contribution in [2.45, 2.75) is 13.5 Å². The molecule has 0 radical (unpaired) electrons. The van der Waals surface area contributed by atoms with Gasteiger partial charge < -0.3 is 4.74 Å². The molecule has 142 valence electrons. The molecular formula is C22H18Cl2N2O2. The predicted molar refractivity (Wildman–Crippen MR) is 113 cm³/mol. The van der Waals surface area contributed by atoms with Gasteiger partial charge in [-0.15, -0.1) is 0 Å². The van der Waals surface area contributed by atoms with E-state index in [0.29, 0.717) is 21.4 Å². The fourth-order valence-corrected chi connectivity index (χ4v) is 3.02. The lowest BCUT2D eigenvalue weighted by atomic mass is 10.1. The number of hydrazone groups is 1. The van der Waals surface area contributed by atoms with Crippen LogP contribution in [0.4, 0.5) is 0 Å². The molecule has 0 saturated heterocycles. The molecule has 4 nitrogen and oxygen atoms in total. The number of nitrogens with one attached hydrogen (secondary N) is 1. The highest BCUT2D eigenvalue weighted by molar-refractivity contribution is 6.35. The first-order chi connectivity index (χ1) is 13.5. The Kier molecular flexibility index (Phi) is 6.69. The first-order valence-corrected chi connectivity index (χ1v) is 9.35. The zero-order chi connectivity index (χ0) is 19.9. The van der Waals surface area contributed by atoms with Crippen LogP contribution in [0.1, 0.15) is 27.0 Å². The Labute approximate surface area is 173 Å². The fourth-order valence-electron chi connectivity index (χ4n) is 2.56. The van der Waals surface area contributed by atoms with Gasteiger partial charge in [0.25, 0.3) is 5.91 Å². The lowest BCUT2D eigenvalue weighted by molar-refractivity contribution is 0.0954. The average molecular weight is 413 g/mol. The van der Waals surface area contributed by atoms with Gasteiger partial charge in [-0.3, -0.25) is 4.79 Å². The molecule has 0 aromatic heterocycles. The number of rotatable bonds is 6. The van der Waals surface area contributed by atoms with E-state index in [4.69, 9.17) is 27.9 Å². The topological polar surface area (TPSA) is 50.7 Å². The van der Waals surface area contributed by atoms with Crippen LogP contribution in [-0.2, 0) is 6.61 Å². The molecule has 3 aromatic rings. The van der Waals surface area contributed by atoms with E-state index in [1.165, 1.54) is 0 Å². The second-order valence-electron chi connectivity index (χ2n) is 6.08. The average Bonchev–Trinajstić information content (AvgIpc) is 2.68. The molecule has 0 aliphatic rings. The van der Waals surface area contributed by atoms with Gasteiger partial charge in [0.05, 0.1) is 6.21 Å². The summed E-state index contributed by atoms with van der Waals surface area (Å²) in [5.74, 6) is 0.364. The van der Waals surface area contributed by atoms with Crippen molar-refractivity contribution >= 4 is 35.3 Å². The van der Waals surface area contributed by atoms with Gasteiger partial charge in [0.1, 0.15) is 12.4 Å². The molecule has 0 spiro atoms. The Morgan fingerprint density at radius 3 is 2.61 bits per heavy atom. The highest BCUT2D eigenvalue weighted by Gasteiger charge is 2.07. The summed E-state index contributed by atoms with van der Waals surface area (Å²) < 4.78 is 5.87. The third-order valence-electron chi connectivity index (χ3n) is 4.08. The van der Waals surface area contributed by atoms with E-state index >= 15 is 0 Å². The number of carbonyl (C=O) groups excluding carboxylic acids is 1. The number of ether oxygens (including phenoxy) is 1. The van der Waals surface area contributed by atoms with E-state index in [0.717, 1.165) is 16.7 Å². The summed E-state index contributed by atoms with van der Waals surface area (Å²) in [7, 11) is 0. The quantitative estimate of drug-likeness (QED) is 0.420. The van der Waals surface area contributed by atoms with Crippen LogP contribution < -0.4 is 10.2 Å². The number of amides is 1. The molecule has 6 heteroatoms. The van der Waals surface area contributed by atoms with Crippen LogP contribution in [0.3, 0.4) is 0 Å². The number of hydrogen-bond acceptors (Lipinski definition) is 3. The Morgan fingerprint density at radius 1 is 1.07 bits per heavy atom. The molecule has 28 heavy (non-hydrogen) atoms. The second kappa shape index (κ2) is 9.40. The van der Waals surface area contributed by atoms with Crippen LogP contribution in [0.25, 0.3) is 0 Å². The van der Waals surface area contributed by atoms with Crippen molar-refractivity contribution in [1.82, 2.24) is 5.43 Å². The minimum absolute atomic E-state index is 0.263. The molecule has 0 aliphatic carbocycles. The number of hydrogen-bond donors (Lipinski definition) is 1. The van der Waals surface area contributed by atoms with Crippen molar-refractivity contribution in [2.75, 3.05) is 0 Å². The van der Waals surface area contributed by atoms with E-state index in [-0.39, 0.29) is 12.5 Å². The smallest absolute Gasteiger partial charge is 0.271 e. The molecule has 0 aliphatic heterocycles. The Bertz CT molecular complexity index is 1020. The summed E-state index contributed by atoms with van der Waals surface area (Å²) >= 11 is 12.1. The number of aryl methyl sites for hydroxylation is 1. The lowest BCUT2D eigenvalue weighted by Gasteiger charge is -2.10. The zero-order valence-corrected chi connectivity index (χ0v) is 16.7. The number of benzene rings is 3. The van der Waals surface area contributed by atoms with Crippen molar-refractivity contribution < 1.29 is 9.53 Å². The third-order valence-corrected chi connectivity index (χ3v) is 4.66. The van der Waals surface area contributed by atoms with Gasteiger partial charge in [0.15, 0.2) is 0 Å². The fraction of sp³-hybridized carbons (Fsp3) is 0.0909. The van der Waals surface area contributed by atoms with E-state index < -0.39 is 0 Å². The third kappa shape index (κ3) is 5.12. The SMILES string of the molecule is Cc1ccccc1C(=O)N/N=C\c1ccccc1OCc1ccc(Cl)cc1Cl. The first kappa shape index (κ1) is 19.9. The van der Waals surface area contributed by atoms with Crippen molar-refractivity contribution in [3.63, 3.8) is 0 Å². The molecular weight excluding hydrogens is 395 g/mol. The highest BCUT2D eigenvalue weighted by atomic mass is 35.5. The van der Waals surface area contributed by atoms with Gasteiger partial charge in [-0.25, -0.2) is 5.43 Å². The molecule has 0 heterocycles. The molecule has 0 unspecified atom stereocenters. The number of para-hydroxylation sites is 1. The Hall–Kier alpha value is -2.82. The van der Waals surface area contributed by atoms with E-state index in [1.807, 2.05) is 55.5 Å². The summed E-state index contributed by atoms with van der Waals surface area (Å²) in [5.41, 5.74) is 5.57. The van der Waals surface area contributed by atoms with Gasteiger partial charge in [-0.2, -0.15) is 5.10 Å². The van der Waals surface area contributed by atoms with Crippen LogP contribution in [0.15, 0.2) is 71.8 Å². The standard InChI is InChI=1S/C22H18Cl2N2O2/c1-15-6-2-4-8-19(15)22(27)26-25-13-16-7-3-5-9-21(16)28-14-17-10-11-18(23)12-20(17)24/h2-13H,14H2,1H3,(H,26,27)/b25-13-. The predicted octanol–water partition coefficient (Wildman–Crippen LogP) is 5.64. The number of nitrogens with zero attached hydrogens (tertiary/aromatic N) is 1. The number of halogens is 2. The van der Waals surface area contributed by atoms with Crippen LogP contribution >= 0.6 is 23.2 Å². The monoisotopic (exact) mass is 412 g/mol. The summed E-state index contributed by atoms with van der Waals surface area (Å²) in [5, 5.41) is 5.18. The largest absolute Gasteiger partial charge is 0.488 e. The van der Waals surface area contributed by atoms with Crippen LogP contribution in [0.5, 0.6) is 5.75 Å². The van der Waals surface area contributed by atoms with Crippen LogP contribution in [0.2, 0.25) is 10.0 Å². The summed E-state index contributed by atoms with van der Waals surface area (Å²) in [4.78, 5) is 12.2. The summed E-state index contributed by atoms with van der Waals surface area (Å²) in [6.07, 6.45) is 1.55. The van der Waals surface area contributed by atoms with Gasteiger partial charge >= 0.3 is 0 Å². The maximum Gasteiger partial charge on any atom is 0.271 e. The van der Waals surface area contributed by atoms with E-state index in [9.17, 15) is 4.79 Å². The first-order valence-electron chi connectivity index (χ1n) is 8.59. The molecule has 3 rings (SSSR count). The minimum Gasteiger partial charge on any atom is -0.488 e. The van der Waals surface area contributed by atoms with Gasteiger partial charge in [-0.05, 0) is 42.8 Å². The van der Waals surface area contributed by atoms with Gasteiger partial charge in [-0.1, -0.05) is 59.6 Å². The van der Waals surface area contributed by atoms with Crippen LogP contribution in [-0.4, -0.2) is 12.1 Å². The minimum atomic E-state index is -0.263. The zero-order valence-electron chi connectivity index (χ0n) is 15.2. The number of carbonyl (C=O) groups is 1. The van der Waals surface area contributed by atoms with Crippen LogP contribution in [0, 0.1) is 6.92 Å². The molecule has 0 atom stereocenters. The van der Waals surface area contributed by atoms with Crippen molar-refractivity contribution in [3.05, 3.63) is 99.0 Å². The summed E-state index contributed by atoms with van der Waals surface area (Å²) in [6, 6.07) is 20.0. The van der Waals surface area contributed by atoms with Gasteiger partial charge in [0.2, 0.25) is 0 Å². The van der Waals surface area contributed by atoms with E-state index in [1.54, 1.807) is 24.4 Å². The van der Waals surface area contributed by atoms with Crippen molar-refractivity contribution in [3.8, 4) is 5.75 Å². The highest BCUT2D eigenvalue weighted by Crippen LogP contribution is 2.23. The Balaban J connectivity index is 1.67.